The van der Waals surface area contributed by atoms with Crippen LogP contribution in [0.1, 0.15) is 25.0 Å². The van der Waals surface area contributed by atoms with Crippen molar-refractivity contribution in [3.63, 3.8) is 0 Å². The van der Waals surface area contributed by atoms with E-state index in [-0.39, 0.29) is 0 Å². The first-order valence-electron chi connectivity index (χ1n) is 4.94. The van der Waals surface area contributed by atoms with Crippen LogP contribution in [0, 0.1) is 0 Å². The van der Waals surface area contributed by atoms with Gasteiger partial charge in [0.25, 0.3) is 0 Å². The van der Waals surface area contributed by atoms with Gasteiger partial charge in [-0.05, 0) is 18.6 Å². The molecule has 0 saturated heterocycles. The highest BCUT2D eigenvalue weighted by Crippen LogP contribution is 2.18. The molecule has 0 atom stereocenters. The SMILES string of the molecule is O=C1CC=C(Cc2ccccn2)CC1. The second-order valence-corrected chi connectivity index (χ2v) is 3.60. The maximum absolute atomic E-state index is 11.0. The minimum Gasteiger partial charge on any atom is -0.299 e. The molecule has 0 bridgehead atoms. The Morgan fingerprint density at radius 2 is 2.21 bits per heavy atom. The smallest absolute Gasteiger partial charge is 0.136 e. The van der Waals surface area contributed by atoms with Gasteiger partial charge >= 0.3 is 0 Å². The first kappa shape index (κ1) is 9.13. The Bertz CT molecular complexity index is 354. The Hall–Kier alpha value is -1.44. The van der Waals surface area contributed by atoms with Crippen molar-refractivity contribution in [3.05, 3.63) is 41.7 Å². The Kier molecular flexibility index (Phi) is 2.73. The summed E-state index contributed by atoms with van der Waals surface area (Å²) in [5.74, 6) is 0.356. The monoisotopic (exact) mass is 187 g/mol. The summed E-state index contributed by atoms with van der Waals surface area (Å²) in [6.45, 7) is 0. The zero-order chi connectivity index (χ0) is 9.80. The molecule has 0 N–H and O–H groups in total. The first-order chi connectivity index (χ1) is 6.84. The van der Waals surface area contributed by atoms with Gasteiger partial charge in [0.1, 0.15) is 5.78 Å². The van der Waals surface area contributed by atoms with Gasteiger partial charge < -0.3 is 0 Å². The number of carbonyl (C=O) groups is 1. The van der Waals surface area contributed by atoms with Crippen LogP contribution in [-0.2, 0) is 11.2 Å². The minimum atomic E-state index is 0.356. The molecule has 72 valence electrons. The fourth-order valence-corrected chi connectivity index (χ4v) is 1.66. The zero-order valence-corrected chi connectivity index (χ0v) is 8.07. The Morgan fingerprint density at radius 3 is 2.86 bits per heavy atom. The van der Waals surface area contributed by atoms with Crippen LogP contribution in [0.15, 0.2) is 36.0 Å². The summed E-state index contributed by atoms with van der Waals surface area (Å²) in [4.78, 5) is 15.3. The molecule has 2 rings (SSSR count). The van der Waals surface area contributed by atoms with Crippen LogP contribution in [0.2, 0.25) is 0 Å². The third kappa shape index (κ3) is 2.28. The quantitative estimate of drug-likeness (QED) is 0.665. The summed E-state index contributed by atoms with van der Waals surface area (Å²) in [5.41, 5.74) is 2.44. The van der Waals surface area contributed by atoms with Crippen LogP contribution in [-0.4, -0.2) is 10.8 Å². The maximum Gasteiger partial charge on any atom is 0.136 e. The second-order valence-electron chi connectivity index (χ2n) is 3.60. The normalized spacial score (nSPS) is 16.6. The molecule has 2 heteroatoms. The molecule has 0 aromatic carbocycles. The molecule has 0 amide bonds. The predicted octanol–water partition coefficient (Wildman–Crippen LogP) is 2.30. The molecule has 1 aliphatic carbocycles. The second kappa shape index (κ2) is 4.18. The summed E-state index contributed by atoms with van der Waals surface area (Å²) in [5, 5.41) is 0. The van der Waals surface area contributed by atoms with Gasteiger partial charge in [0.05, 0.1) is 0 Å². The molecule has 0 spiro atoms. The highest BCUT2D eigenvalue weighted by molar-refractivity contribution is 5.81. The molecule has 0 radical (unpaired) electrons. The van der Waals surface area contributed by atoms with Crippen molar-refractivity contribution < 1.29 is 4.79 Å². The summed E-state index contributed by atoms with van der Waals surface area (Å²) >= 11 is 0. The number of rotatable bonds is 2. The fraction of sp³-hybridized carbons (Fsp3) is 0.333. The van der Waals surface area contributed by atoms with Crippen LogP contribution < -0.4 is 0 Å². The van der Waals surface area contributed by atoms with Gasteiger partial charge in [-0.2, -0.15) is 0 Å². The standard InChI is InChI=1S/C12H13NO/c14-12-6-4-10(5-7-12)9-11-3-1-2-8-13-11/h1-4,8H,5-7,9H2. The van der Waals surface area contributed by atoms with Gasteiger partial charge in [-0.3, -0.25) is 9.78 Å². The van der Waals surface area contributed by atoms with Gasteiger partial charge in [-0.15, -0.1) is 0 Å². The van der Waals surface area contributed by atoms with E-state index in [9.17, 15) is 4.79 Å². The van der Waals surface area contributed by atoms with Crippen LogP contribution in [0.5, 0.6) is 0 Å². The number of allylic oxidation sites excluding steroid dienone is 2. The highest BCUT2D eigenvalue weighted by atomic mass is 16.1. The van der Waals surface area contributed by atoms with Gasteiger partial charge in [0, 0.05) is 31.2 Å². The van der Waals surface area contributed by atoms with Crippen LogP contribution in [0.4, 0.5) is 0 Å². The maximum atomic E-state index is 11.0. The van der Waals surface area contributed by atoms with Crippen molar-refractivity contribution in [1.82, 2.24) is 4.98 Å². The molecule has 1 aliphatic rings. The lowest BCUT2D eigenvalue weighted by molar-refractivity contribution is -0.118. The van der Waals surface area contributed by atoms with Crippen molar-refractivity contribution >= 4 is 5.78 Å². The van der Waals surface area contributed by atoms with Crippen molar-refractivity contribution in [2.75, 3.05) is 0 Å². The van der Waals surface area contributed by atoms with Crippen molar-refractivity contribution in [2.45, 2.75) is 25.7 Å². The number of hydrogen-bond acceptors (Lipinski definition) is 2. The summed E-state index contributed by atoms with van der Waals surface area (Å²) < 4.78 is 0. The molecule has 14 heavy (non-hydrogen) atoms. The summed E-state index contributed by atoms with van der Waals surface area (Å²) in [6.07, 6.45) is 6.99. The Balaban J connectivity index is 2.02. The molecular formula is C12H13NO. The van der Waals surface area contributed by atoms with Crippen LogP contribution >= 0.6 is 0 Å². The number of Topliss-reactive ketones (excluding diaryl/α,β-unsaturated/α-hetero) is 1. The number of hydrogen-bond donors (Lipinski definition) is 0. The van der Waals surface area contributed by atoms with Crippen molar-refractivity contribution in [1.29, 1.82) is 0 Å². The third-order valence-electron chi connectivity index (χ3n) is 2.48. The summed E-state index contributed by atoms with van der Waals surface area (Å²) in [6, 6.07) is 5.94. The highest BCUT2D eigenvalue weighted by Gasteiger charge is 2.10. The van der Waals surface area contributed by atoms with E-state index < -0.39 is 0 Å². The van der Waals surface area contributed by atoms with E-state index in [4.69, 9.17) is 0 Å². The lowest BCUT2D eigenvalue weighted by atomic mass is 9.95. The first-order valence-corrected chi connectivity index (χ1v) is 4.94. The van der Waals surface area contributed by atoms with Crippen molar-refractivity contribution in [3.8, 4) is 0 Å². The molecule has 0 saturated carbocycles. The topological polar surface area (TPSA) is 30.0 Å². The number of aromatic nitrogens is 1. The number of pyridine rings is 1. The van der Waals surface area contributed by atoms with E-state index in [1.165, 1.54) is 5.57 Å². The Labute approximate surface area is 83.7 Å². The molecule has 2 nitrogen and oxygen atoms in total. The molecule has 0 fully saturated rings. The van der Waals surface area contributed by atoms with Crippen LogP contribution in [0.25, 0.3) is 0 Å². The number of ketones is 1. The fourth-order valence-electron chi connectivity index (χ4n) is 1.66. The average Bonchev–Trinajstić information content (AvgIpc) is 2.23. The van der Waals surface area contributed by atoms with E-state index in [2.05, 4.69) is 11.1 Å². The molecule has 1 heterocycles. The molecule has 0 aliphatic heterocycles. The lowest BCUT2D eigenvalue weighted by Gasteiger charge is -2.11. The van der Waals surface area contributed by atoms with E-state index in [0.29, 0.717) is 18.6 Å². The van der Waals surface area contributed by atoms with E-state index in [1.54, 1.807) is 0 Å². The lowest BCUT2D eigenvalue weighted by Crippen LogP contribution is -2.05. The zero-order valence-electron chi connectivity index (χ0n) is 8.07. The predicted molar refractivity (Wildman–Crippen MR) is 54.9 cm³/mol. The minimum absolute atomic E-state index is 0.356. The largest absolute Gasteiger partial charge is 0.299 e. The molecule has 1 aromatic heterocycles. The van der Waals surface area contributed by atoms with E-state index >= 15 is 0 Å². The average molecular weight is 187 g/mol. The van der Waals surface area contributed by atoms with Crippen molar-refractivity contribution in [2.24, 2.45) is 0 Å². The Morgan fingerprint density at radius 1 is 1.29 bits per heavy atom. The van der Waals surface area contributed by atoms with E-state index in [1.807, 2.05) is 24.4 Å². The number of carbonyl (C=O) groups excluding carboxylic acids is 1. The van der Waals surface area contributed by atoms with Crippen LogP contribution in [0.3, 0.4) is 0 Å². The van der Waals surface area contributed by atoms with Gasteiger partial charge in [-0.25, -0.2) is 0 Å². The van der Waals surface area contributed by atoms with Gasteiger partial charge in [-0.1, -0.05) is 17.7 Å². The van der Waals surface area contributed by atoms with Gasteiger partial charge in [0.15, 0.2) is 0 Å². The third-order valence-corrected chi connectivity index (χ3v) is 2.48. The number of nitrogens with zero attached hydrogens (tertiary/aromatic N) is 1. The molecular weight excluding hydrogens is 174 g/mol. The summed E-state index contributed by atoms with van der Waals surface area (Å²) in [7, 11) is 0. The van der Waals surface area contributed by atoms with Gasteiger partial charge in [0.2, 0.25) is 0 Å². The molecule has 0 unspecified atom stereocenters. The van der Waals surface area contributed by atoms with E-state index in [0.717, 1.165) is 18.5 Å². The molecule has 1 aromatic rings.